The number of amides is 3. The number of nitrogens with one attached hydrogen (secondary N) is 2. The second-order valence-corrected chi connectivity index (χ2v) is 3.07. The number of hydrazone groups is 1. The second kappa shape index (κ2) is 5.08. The molecule has 0 aromatic carbocycles. The van der Waals surface area contributed by atoms with E-state index < -0.39 is 5.91 Å². The van der Waals surface area contributed by atoms with E-state index in [0.29, 0.717) is 6.42 Å². The molecule has 1 aliphatic rings. The molecular weight excluding hydrogens is 200 g/mol. The van der Waals surface area contributed by atoms with Gasteiger partial charge in [0.15, 0.2) is 0 Å². The van der Waals surface area contributed by atoms with Gasteiger partial charge in [-0.15, -0.1) is 0 Å². The van der Waals surface area contributed by atoms with Crippen molar-refractivity contribution in [2.45, 2.75) is 19.3 Å². The fourth-order valence-electron chi connectivity index (χ4n) is 1.04. The number of nitrogens with two attached hydrogens (primary N) is 1. The summed E-state index contributed by atoms with van der Waals surface area (Å²) >= 11 is 0. The van der Waals surface area contributed by atoms with E-state index in [0.717, 1.165) is 0 Å². The smallest absolute Gasteiger partial charge is 0.267 e. The van der Waals surface area contributed by atoms with Crippen LogP contribution < -0.4 is 16.5 Å². The zero-order valence-electron chi connectivity index (χ0n) is 8.08. The number of carbonyl (C=O) groups is 3. The summed E-state index contributed by atoms with van der Waals surface area (Å²) in [5.74, 6) is -1.06. The van der Waals surface area contributed by atoms with E-state index in [9.17, 15) is 14.4 Å². The van der Waals surface area contributed by atoms with Crippen LogP contribution in [0.4, 0.5) is 0 Å². The van der Waals surface area contributed by atoms with Gasteiger partial charge in [0.2, 0.25) is 11.8 Å². The van der Waals surface area contributed by atoms with E-state index in [4.69, 9.17) is 5.73 Å². The van der Waals surface area contributed by atoms with Crippen molar-refractivity contribution in [1.29, 1.82) is 0 Å². The highest BCUT2D eigenvalue weighted by molar-refractivity contribution is 6.39. The van der Waals surface area contributed by atoms with Crippen molar-refractivity contribution >= 4 is 23.4 Å². The van der Waals surface area contributed by atoms with E-state index in [-0.39, 0.29) is 36.9 Å². The van der Waals surface area contributed by atoms with Crippen molar-refractivity contribution in [2.24, 2.45) is 10.8 Å². The molecule has 0 fully saturated rings. The Kier molecular flexibility index (Phi) is 3.78. The summed E-state index contributed by atoms with van der Waals surface area (Å²) in [4.78, 5) is 32.4. The summed E-state index contributed by atoms with van der Waals surface area (Å²) < 4.78 is 0. The summed E-state index contributed by atoms with van der Waals surface area (Å²) in [6, 6.07) is 0. The molecule has 1 heterocycles. The van der Waals surface area contributed by atoms with E-state index in [1.54, 1.807) is 0 Å². The Hall–Kier alpha value is -1.92. The molecule has 4 N–H and O–H groups in total. The van der Waals surface area contributed by atoms with Crippen LogP contribution in [-0.2, 0) is 14.4 Å². The molecule has 82 valence electrons. The number of primary amides is 1. The minimum absolute atomic E-state index is 0.0887. The first kappa shape index (κ1) is 11.2. The van der Waals surface area contributed by atoms with Gasteiger partial charge in [0, 0.05) is 25.8 Å². The minimum atomic E-state index is -0.478. The average molecular weight is 212 g/mol. The Labute approximate surface area is 86.1 Å². The number of rotatable bonds is 4. The molecule has 0 bridgehead atoms. The molecule has 0 aliphatic carbocycles. The van der Waals surface area contributed by atoms with Gasteiger partial charge >= 0.3 is 0 Å². The van der Waals surface area contributed by atoms with Crippen LogP contribution in [0.3, 0.4) is 0 Å². The van der Waals surface area contributed by atoms with Crippen molar-refractivity contribution in [3.63, 3.8) is 0 Å². The average Bonchev–Trinajstić information content (AvgIpc) is 2.18. The van der Waals surface area contributed by atoms with E-state index >= 15 is 0 Å². The van der Waals surface area contributed by atoms with Crippen LogP contribution in [0.1, 0.15) is 19.3 Å². The van der Waals surface area contributed by atoms with Gasteiger partial charge in [-0.2, -0.15) is 5.10 Å². The topological polar surface area (TPSA) is 114 Å². The molecule has 1 aliphatic heterocycles. The predicted molar refractivity (Wildman–Crippen MR) is 51.6 cm³/mol. The zero-order chi connectivity index (χ0) is 11.3. The Balaban J connectivity index is 2.34. The molecule has 7 nitrogen and oxygen atoms in total. The first-order chi connectivity index (χ1) is 7.09. The minimum Gasteiger partial charge on any atom is -0.370 e. The lowest BCUT2D eigenvalue weighted by molar-refractivity contribution is -0.121. The van der Waals surface area contributed by atoms with Gasteiger partial charge < -0.3 is 11.1 Å². The van der Waals surface area contributed by atoms with Crippen LogP contribution in [0.15, 0.2) is 5.10 Å². The maximum absolute atomic E-state index is 11.3. The highest BCUT2D eigenvalue weighted by atomic mass is 16.2. The standard InChI is InChI=1S/C8H12N4O3/c9-6(13)3-4-10-8(15)5-1-2-7(14)12-11-5/h1-4H2,(H2,9,13)(H,10,15)(H,12,14). The molecule has 1 rings (SSSR count). The van der Waals surface area contributed by atoms with Crippen LogP contribution in [-0.4, -0.2) is 30.0 Å². The molecule has 0 atom stereocenters. The fourth-order valence-corrected chi connectivity index (χ4v) is 1.04. The van der Waals surface area contributed by atoms with Gasteiger partial charge in [-0.1, -0.05) is 0 Å². The van der Waals surface area contributed by atoms with Gasteiger partial charge in [0.1, 0.15) is 5.71 Å². The lowest BCUT2D eigenvalue weighted by Crippen LogP contribution is -2.38. The summed E-state index contributed by atoms with van der Waals surface area (Å²) in [5.41, 5.74) is 7.37. The molecule has 0 spiro atoms. The fraction of sp³-hybridized carbons (Fsp3) is 0.500. The number of carbonyl (C=O) groups excluding carboxylic acids is 3. The third-order valence-corrected chi connectivity index (χ3v) is 1.82. The molecule has 0 unspecified atom stereocenters. The van der Waals surface area contributed by atoms with E-state index in [1.165, 1.54) is 0 Å². The van der Waals surface area contributed by atoms with Crippen molar-refractivity contribution in [2.75, 3.05) is 6.54 Å². The molecule has 0 aromatic heterocycles. The highest BCUT2D eigenvalue weighted by Crippen LogP contribution is 1.99. The Morgan fingerprint density at radius 2 is 2.20 bits per heavy atom. The van der Waals surface area contributed by atoms with Crippen molar-refractivity contribution in [1.82, 2.24) is 10.7 Å². The molecular formula is C8H12N4O3. The normalized spacial score (nSPS) is 15.2. The Morgan fingerprint density at radius 3 is 2.73 bits per heavy atom. The van der Waals surface area contributed by atoms with Gasteiger partial charge in [-0.25, -0.2) is 5.43 Å². The van der Waals surface area contributed by atoms with Crippen LogP contribution in [0.2, 0.25) is 0 Å². The SMILES string of the molecule is NC(=O)CCNC(=O)C1=NNC(=O)CC1. The van der Waals surface area contributed by atoms with Crippen LogP contribution in [0.25, 0.3) is 0 Å². The maximum Gasteiger partial charge on any atom is 0.267 e. The Bertz CT molecular complexity index is 324. The third kappa shape index (κ3) is 3.75. The highest BCUT2D eigenvalue weighted by Gasteiger charge is 2.17. The third-order valence-electron chi connectivity index (χ3n) is 1.82. The van der Waals surface area contributed by atoms with Crippen LogP contribution in [0, 0.1) is 0 Å². The van der Waals surface area contributed by atoms with Crippen LogP contribution >= 0.6 is 0 Å². The van der Waals surface area contributed by atoms with Crippen molar-refractivity contribution in [3.05, 3.63) is 0 Å². The van der Waals surface area contributed by atoms with Crippen molar-refractivity contribution in [3.8, 4) is 0 Å². The summed E-state index contributed by atoms with van der Waals surface area (Å²) in [7, 11) is 0. The molecule has 0 aromatic rings. The lowest BCUT2D eigenvalue weighted by atomic mass is 10.1. The Morgan fingerprint density at radius 1 is 1.47 bits per heavy atom. The van der Waals surface area contributed by atoms with Gasteiger partial charge in [-0.05, 0) is 0 Å². The van der Waals surface area contributed by atoms with Gasteiger partial charge in [0.25, 0.3) is 5.91 Å². The quantitative estimate of drug-likeness (QED) is 0.513. The molecule has 7 heteroatoms. The molecule has 15 heavy (non-hydrogen) atoms. The monoisotopic (exact) mass is 212 g/mol. The van der Waals surface area contributed by atoms with Crippen molar-refractivity contribution < 1.29 is 14.4 Å². The summed E-state index contributed by atoms with van der Waals surface area (Å²) in [6.07, 6.45) is 0.654. The lowest BCUT2D eigenvalue weighted by Gasteiger charge is -2.11. The zero-order valence-corrected chi connectivity index (χ0v) is 8.08. The number of hydrogen-bond acceptors (Lipinski definition) is 4. The van der Waals surface area contributed by atoms with E-state index in [2.05, 4.69) is 15.8 Å². The maximum atomic E-state index is 11.3. The van der Waals surface area contributed by atoms with E-state index in [1.807, 2.05) is 0 Å². The summed E-state index contributed by atoms with van der Waals surface area (Å²) in [5, 5.41) is 6.07. The molecule has 0 radical (unpaired) electrons. The summed E-state index contributed by atoms with van der Waals surface area (Å²) in [6.45, 7) is 0.182. The molecule has 0 saturated carbocycles. The number of nitrogens with zero attached hydrogens (tertiary/aromatic N) is 1. The first-order valence-electron chi connectivity index (χ1n) is 4.51. The first-order valence-corrected chi connectivity index (χ1v) is 4.51. The predicted octanol–water partition coefficient (Wildman–Crippen LogP) is -1.76. The molecule has 3 amide bonds. The second-order valence-electron chi connectivity index (χ2n) is 3.07. The number of hydrogen-bond donors (Lipinski definition) is 3. The van der Waals surface area contributed by atoms with Crippen LogP contribution in [0.5, 0.6) is 0 Å². The molecule has 0 saturated heterocycles. The van der Waals surface area contributed by atoms with Gasteiger partial charge in [0.05, 0.1) is 0 Å². The largest absolute Gasteiger partial charge is 0.370 e. The van der Waals surface area contributed by atoms with Gasteiger partial charge in [-0.3, -0.25) is 14.4 Å².